The standard InChI is InChI=1S/C14H24N2O2S/c1-4-9-15-11-13-7-6-8-14(10-13)12-19(17,18)16(3)5-2/h6-8,10,15H,4-5,9,11-12H2,1-3H3. The number of sulfonamides is 1. The van der Waals surface area contributed by atoms with Crippen LogP contribution in [0.1, 0.15) is 31.4 Å². The summed E-state index contributed by atoms with van der Waals surface area (Å²) in [6.07, 6.45) is 1.09. The molecule has 0 spiro atoms. The van der Waals surface area contributed by atoms with E-state index < -0.39 is 10.0 Å². The van der Waals surface area contributed by atoms with Crippen LogP contribution in [0.25, 0.3) is 0 Å². The van der Waals surface area contributed by atoms with Crippen LogP contribution in [0, 0.1) is 0 Å². The maximum atomic E-state index is 12.0. The van der Waals surface area contributed by atoms with Crippen molar-refractivity contribution >= 4 is 10.0 Å². The molecule has 5 heteroatoms. The van der Waals surface area contributed by atoms with E-state index in [4.69, 9.17) is 0 Å². The summed E-state index contributed by atoms with van der Waals surface area (Å²) in [5, 5.41) is 3.32. The van der Waals surface area contributed by atoms with Crippen molar-refractivity contribution in [2.75, 3.05) is 20.1 Å². The average molecular weight is 284 g/mol. The number of nitrogens with one attached hydrogen (secondary N) is 1. The summed E-state index contributed by atoms with van der Waals surface area (Å²) in [5.41, 5.74) is 1.97. The fraction of sp³-hybridized carbons (Fsp3) is 0.571. The number of hydrogen-bond donors (Lipinski definition) is 1. The van der Waals surface area contributed by atoms with Gasteiger partial charge in [-0.15, -0.1) is 0 Å². The molecule has 4 nitrogen and oxygen atoms in total. The van der Waals surface area contributed by atoms with Crippen LogP contribution in [0.2, 0.25) is 0 Å². The molecule has 0 unspecified atom stereocenters. The lowest BCUT2D eigenvalue weighted by Gasteiger charge is -2.15. The van der Waals surface area contributed by atoms with Gasteiger partial charge in [0, 0.05) is 20.1 Å². The maximum Gasteiger partial charge on any atom is 0.218 e. The molecule has 1 aromatic rings. The monoisotopic (exact) mass is 284 g/mol. The van der Waals surface area contributed by atoms with Crippen molar-refractivity contribution < 1.29 is 8.42 Å². The van der Waals surface area contributed by atoms with Gasteiger partial charge in [0.15, 0.2) is 0 Å². The molecule has 0 fully saturated rings. The molecule has 108 valence electrons. The summed E-state index contributed by atoms with van der Waals surface area (Å²) in [7, 11) is -1.58. The smallest absolute Gasteiger partial charge is 0.218 e. The highest BCUT2D eigenvalue weighted by Gasteiger charge is 2.16. The Kier molecular flexibility index (Phi) is 6.48. The topological polar surface area (TPSA) is 49.4 Å². The molecule has 0 radical (unpaired) electrons. The summed E-state index contributed by atoms with van der Waals surface area (Å²) in [5.74, 6) is 0.0684. The molecule has 19 heavy (non-hydrogen) atoms. The van der Waals surface area contributed by atoms with E-state index in [0.717, 1.165) is 30.6 Å². The second-order valence-electron chi connectivity index (χ2n) is 4.67. The Balaban J connectivity index is 2.72. The third-order valence-electron chi connectivity index (χ3n) is 3.02. The minimum absolute atomic E-state index is 0.0684. The van der Waals surface area contributed by atoms with Crippen LogP contribution in [0.5, 0.6) is 0 Å². The van der Waals surface area contributed by atoms with Gasteiger partial charge in [0.1, 0.15) is 0 Å². The largest absolute Gasteiger partial charge is 0.313 e. The van der Waals surface area contributed by atoms with Gasteiger partial charge in [-0.05, 0) is 24.1 Å². The molecule has 0 aromatic heterocycles. The van der Waals surface area contributed by atoms with Gasteiger partial charge < -0.3 is 5.32 Å². The summed E-state index contributed by atoms with van der Waals surface area (Å²) in [6, 6.07) is 7.76. The quantitative estimate of drug-likeness (QED) is 0.743. The van der Waals surface area contributed by atoms with E-state index in [1.807, 2.05) is 31.2 Å². The van der Waals surface area contributed by atoms with Crippen LogP contribution in [-0.4, -0.2) is 32.9 Å². The van der Waals surface area contributed by atoms with E-state index >= 15 is 0 Å². The van der Waals surface area contributed by atoms with Crippen LogP contribution in [-0.2, 0) is 22.3 Å². The highest BCUT2D eigenvalue weighted by molar-refractivity contribution is 7.88. The Morgan fingerprint density at radius 2 is 1.89 bits per heavy atom. The molecule has 0 heterocycles. The zero-order valence-electron chi connectivity index (χ0n) is 12.0. The molecular weight excluding hydrogens is 260 g/mol. The van der Waals surface area contributed by atoms with Crippen LogP contribution >= 0.6 is 0 Å². The summed E-state index contributed by atoms with van der Waals surface area (Å²) in [6.45, 7) is 6.21. The van der Waals surface area contributed by atoms with Crippen LogP contribution in [0.3, 0.4) is 0 Å². The van der Waals surface area contributed by atoms with Crippen LogP contribution in [0.15, 0.2) is 24.3 Å². The first kappa shape index (κ1) is 16.1. The number of rotatable bonds is 8. The Hall–Kier alpha value is -0.910. The van der Waals surface area contributed by atoms with Gasteiger partial charge in [0.05, 0.1) is 5.75 Å². The molecule has 0 atom stereocenters. The van der Waals surface area contributed by atoms with Crippen LogP contribution < -0.4 is 5.32 Å². The van der Waals surface area contributed by atoms with Gasteiger partial charge in [0.2, 0.25) is 10.0 Å². The zero-order chi connectivity index (χ0) is 14.3. The van der Waals surface area contributed by atoms with Crippen molar-refractivity contribution in [3.8, 4) is 0 Å². The van der Waals surface area contributed by atoms with Gasteiger partial charge in [-0.2, -0.15) is 0 Å². The fourth-order valence-electron chi connectivity index (χ4n) is 1.76. The number of hydrogen-bond acceptors (Lipinski definition) is 3. The molecule has 0 amide bonds. The Morgan fingerprint density at radius 3 is 2.53 bits per heavy atom. The Bertz CT molecular complexity index is 486. The normalized spacial score (nSPS) is 12.0. The SMILES string of the molecule is CCCNCc1cccc(CS(=O)(=O)N(C)CC)c1. The highest BCUT2D eigenvalue weighted by atomic mass is 32.2. The van der Waals surface area contributed by atoms with E-state index in [2.05, 4.69) is 12.2 Å². The molecule has 0 saturated carbocycles. The molecule has 0 aliphatic carbocycles. The first-order valence-electron chi connectivity index (χ1n) is 6.72. The Morgan fingerprint density at radius 1 is 1.21 bits per heavy atom. The van der Waals surface area contributed by atoms with E-state index in [9.17, 15) is 8.42 Å². The van der Waals surface area contributed by atoms with Gasteiger partial charge in [-0.25, -0.2) is 12.7 Å². The summed E-state index contributed by atoms with van der Waals surface area (Å²) < 4.78 is 25.4. The fourth-order valence-corrected chi connectivity index (χ4v) is 2.97. The molecule has 0 aliphatic rings. The first-order chi connectivity index (χ1) is 8.99. The lowest BCUT2D eigenvalue weighted by molar-refractivity contribution is 0.485. The van der Waals surface area contributed by atoms with Gasteiger partial charge >= 0.3 is 0 Å². The van der Waals surface area contributed by atoms with Gasteiger partial charge in [-0.3, -0.25) is 0 Å². The van der Waals surface area contributed by atoms with E-state index in [1.165, 1.54) is 4.31 Å². The van der Waals surface area contributed by atoms with E-state index in [-0.39, 0.29) is 5.75 Å². The van der Waals surface area contributed by atoms with E-state index in [1.54, 1.807) is 7.05 Å². The van der Waals surface area contributed by atoms with Crippen molar-refractivity contribution in [3.63, 3.8) is 0 Å². The number of benzene rings is 1. The van der Waals surface area contributed by atoms with Crippen LogP contribution in [0.4, 0.5) is 0 Å². The van der Waals surface area contributed by atoms with E-state index in [0.29, 0.717) is 6.54 Å². The third kappa shape index (κ3) is 5.30. The Labute approximate surface area is 116 Å². The van der Waals surface area contributed by atoms with Crippen molar-refractivity contribution in [3.05, 3.63) is 35.4 Å². The molecule has 0 bridgehead atoms. The summed E-state index contributed by atoms with van der Waals surface area (Å²) >= 11 is 0. The van der Waals surface area contributed by atoms with Crippen molar-refractivity contribution in [1.29, 1.82) is 0 Å². The molecule has 1 N–H and O–H groups in total. The summed E-state index contributed by atoms with van der Waals surface area (Å²) in [4.78, 5) is 0. The maximum absolute atomic E-state index is 12.0. The van der Waals surface area contributed by atoms with Gasteiger partial charge in [-0.1, -0.05) is 38.1 Å². The lowest BCUT2D eigenvalue weighted by Crippen LogP contribution is -2.27. The molecule has 0 saturated heterocycles. The average Bonchev–Trinajstić information content (AvgIpc) is 2.38. The zero-order valence-corrected chi connectivity index (χ0v) is 12.8. The minimum Gasteiger partial charge on any atom is -0.313 e. The molecule has 0 aliphatic heterocycles. The molecular formula is C14H24N2O2S. The predicted molar refractivity (Wildman–Crippen MR) is 79.4 cm³/mol. The first-order valence-corrected chi connectivity index (χ1v) is 8.33. The highest BCUT2D eigenvalue weighted by Crippen LogP contribution is 2.11. The number of nitrogens with zero attached hydrogens (tertiary/aromatic N) is 1. The third-order valence-corrected chi connectivity index (χ3v) is 4.92. The second kappa shape index (κ2) is 7.62. The second-order valence-corrected chi connectivity index (χ2v) is 6.74. The molecule has 1 rings (SSSR count). The van der Waals surface area contributed by atoms with Gasteiger partial charge in [0.25, 0.3) is 0 Å². The predicted octanol–water partition coefficient (Wildman–Crippen LogP) is 1.97. The lowest BCUT2D eigenvalue weighted by atomic mass is 10.1. The molecule has 1 aromatic carbocycles. The van der Waals surface area contributed by atoms with Crippen molar-refractivity contribution in [1.82, 2.24) is 9.62 Å². The minimum atomic E-state index is -3.19. The van der Waals surface area contributed by atoms with Crippen molar-refractivity contribution in [2.45, 2.75) is 32.6 Å². The van der Waals surface area contributed by atoms with Crippen molar-refractivity contribution in [2.24, 2.45) is 0 Å².